The van der Waals surface area contributed by atoms with E-state index in [1.165, 1.54) is 0 Å². The Morgan fingerprint density at radius 3 is 2.49 bits per heavy atom. The molecule has 0 saturated carbocycles. The second-order valence-corrected chi connectivity index (χ2v) is 10.4. The molecule has 0 aliphatic carbocycles. The Balaban J connectivity index is 1.58. The van der Waals surface area contributed by atoms with Gasteiger partial charge in [0, 0.05) is 44.2 Å². The highest BCUT2D eigenvalue weighted by Gasteiger charge is 2.74. The molecular weight excluding hydrogens is 472 g/mol. The van der Waals surface area contributed by atoms with Crippen LogP contribution < -0.4 is 15.5 Å². The minimum atomic E-state index is -0.988. The van der Waals surface area contributed by atoms with Crippen molar-refractivity contribution in [3.05, 3.63) is 24.3 Å². The highest BCUT2D eigenvalue weighted by molar-refractivity contribution is 6.03. The van der Waals surface area contributed by atoms with Gasteiger partial charge in [-0.3, -0.25) is 14.4 Å². The lowest BCUT2D eigenvalue weighted by molar-refractivity contribution is -0.140. The number of amides is 3. The van der Waals surface area contributed by atoms with Crippen LogP contribution in [-0.2, 0) is 19.1 Å². The lowest BCUT2D eigenvalue weighted by Gasteiger charge is -2.33. The normalized spacial score (nSPS) is 27.9. The first kappa shape index (κ1) is 27.4. The first-order valence-electron chi connectivity index (χ1n) is 13.9. The minimum absolute atomic E-state index is 0.0956. The van der Waals surface area contributed by atoms with Gasteiger partial charge in [0.1, 0.15) is 11.6 Å². The van der Waals surface area contributed by atoms with Crippen molar-refractivity contribution in [2.75, 3.05) is 43.0 Å². The van der Waals surface area contributed by atoms with Crippen LogP contribution in [-0.4, -0.2) is 78.3 Å². The summed E-state index contributed by atoms with van der Waals surface area (Å²) >= 11 is 0. The van der Waals surface area contributed by atoms with Crippen molar-refractivity contribution in [2.45, 2.75) is 77.0 Å². The van der Waals surface area contributed by atoms with Crippen LogP contribution in [0.1, 0.15) is 59.3 Å². The van der Waals surface area contributed by atoms with E-state index in [-0.39, 0.29) is 30.4 Å². The molecule has 1 spiro atoms. The maximum atomic E-state index is 13.8. The number of nitrogens with zero attached hydrogens (tertiary/aromatic N) is 2. The van der Waals surface area contributed by atoms with Gasteiger partial charge in [-0.2, -0.15) is 0 Å². The molecule has 3 amide bonds. The summed E-state index contributed by atoms with van der Waals surface area (Å²) in [5.41, 5.74) is 0.762. The average Bonchev–Trinajstić information content (AvgIpc) is 3.54. The number of ether oxygens (including phenoxy) is 1. The van der Waals surface area contributed by atoms with Crippen LogP contribution in [0.4, 0.5) is 11.4 Å². The number of aliphatic hydroxyl groups excluding tert-OH is 1. The first-order valence-corrected chi connectivity index (χ1v) is 13.9. The van der Waals surface area contributed by atoms with E-state index in [1.807, 2.05) is 31.2 Å². The lowest BCUT2D eigenvalue weighted by atomic mass is 9.70. The minimum Gasteiger partial charge on any atom is -0.396 e. The summed E-state index contributed by atoms with van der Waals surface area (Å²) in [5, 5.41) is 15.2. The fourth-order valence-corrected chi connectivity index (χ4v) is 6.49. The van der Waals surface area contributed by atoms with Gasteiger partial charge in [0.2, 0.25) is 17.7 Å². The first-order chi connectivity index (χ1) is 17.9. The summed E-state index contributed by atoms with van der Waals surface area (Å²) in [6.07, 6.45) is 3.78. The summed E-state index contributed by atoms with van der Waals surface area (Å²) in [6, 6.07) is 6.95. The molecule has 9 nitrogen and oxygen atoms in total. The molecule has 204 valence electrons. The molecule has 2 unspecified atom stereocenters. The van der Waals surface area contributed by atoms with Crippen molar-refractivity contribution in [3.8, 4) is 0 Å². The number of aliphatic hydroxyl groups is 1. The zero-order valence-corrected chi connectivity index (χ0v) is 22.4. The Kier molecular flexibility index (Phi) is 8.75. The van der Waals surface area contributed by atoms with Crippen LogP contribution in [0.15, 0.2) is 24.3 Å². The summed E-state index contributed by atoms with van der Waals surface area (Å²) in [5.74, 6) is -1.82. The van der Waals surface area contributed by atoms with E-state index in [4.69, 9.17) is 4.74 Å². The van der Waals surface area contributed by atoms with Crippen LogP contribution in [0.25, 0.3) is 0 Å². The van der Waals surface area contributed by atoms with E-state index in [9.17, 15) is 19.5 Å². The van der Waals surface area contributed by atoms with Crippen molar-refractivity contribution in [1.29, 1.82) is 0 Å². The lowest BCUT2D eigenvalue weighted by Crippen LogP contribution is -2.53. The molecule has 0 aromatic heterocycles. The van der Waals surface area contributed by atoms with Gasteiger partial charge in [0.05, 0.1) is 17.9 Å². The smallest absolute Gasteiger partial charge is 0.250 e. The highest BCUT2D eigenvalue weighted by atomic mass is 16.5. The quantitative estimate of drug-likeness (QED) is 0.349. The molecule has 3 aliphatic rings. The largest absolute Gasteiger partial charge is 0.396 e. The van der Waals surface area contributed by atoms with Crippen LogP contribution in [0, 0.1) is 11.8 Å². The number of fused-ring (bicyclic) bond motifs is 1. The topological polar surface area (TPSA) is 111 Å². The van der Waals surface area contributed by atoms with Gasteiger partial charge in [-0.15, -0.1) is 0 Å². The van der Waals surface area contributed by atoms with Gasteiger partial charge in [-0.1, -0.05) is 6.92 Å². The van der Waals surface area contributed by atoms with E-state index in [0.717, 1.165) is 31.6 Å². The Labute approximate surface area is 219 Å². The predicted octanol–water partition coefficient (Wildman–Crippen LogP) is 2.53. The number of nitrogens with one attached hydrogen (secondary N) is 2. The molecule has 4 rings (SSSR count). The second kappa shape index (κ2) is 11.8. The molecule has 2 bridgehead atoms. The molecule has 1 aromatic carbocycles. The van der Waals surface area contributed by atoms with Gasteiger partial charge in [0.25, 0.3) is 0 Å². The Morgan fingerprint density at radius 2 is 1.84 bits per heavy atom. The number of unbranched alkanes of at least 4 members (excludes halogenated alkanes) is 2. The van der Waals surface area contributed by atoms with Gasteiger partial charge in [-0.05, 0) is 76.6 Å². The Morgan fingerprint density at radius 1 is 1.11 bits per heavy atom. The number of carbonyl (C=O) groups is 3. The van der Waals surface area contributed by atoms with E-state index < -0.39 is 23.5 Å². The van der Waals surface area contributed by atoms with Crippen molar-refractivity contribution in [3.63, 3.8) is 0 Å². The summed E-state index contributed by atoms with van der Waals surface area (Å²) < 4.78 is 6.45. The van der Waals surface area contributed by atoms with Gasteiger partial charge in [0.15, 0.2) is 0 Å². The number of likely N-dealkylation sites (tertiary alicyclic amines) is 1. The van der Waals surface area contributed by atoms with Gasteiger partial charge >= 0.3 is 0 Å². The monoisotopic (exact) mass is 514 g/mol. The molecule has 1 aromatic rings. The van der Waals surface area contributed by atoms with E-state index >= 15 is 0 Å². The fourth-order valence-electron chi connectivity index (χ4n) is 6.49. The molecular formula is C28H42N4O5. The third-order valence-electron chi connectivity index (χ3n) is 8.22. The number of rotatable bonds is 13. The standard InChI is InChI=1S/C28H42N4O5/c1-4-16-29-25(34)22-21-14-15-28(37-21)23(22)27(36)32(17-8-7-9-18-33)24(28)26(35)30-19-10-12-20(13-11-19)31(5-2)6-3/h10-13,21-24,33H,4-9,14-18H2,1-3H3,(H,29,34)(H,30,35)/t21-,22+,23+,24?,28?/m1/s1. The molecule has 0 radical (unpaired) electrons. The van der Waals surface area contributed by atoms with Crippen LogP contribution in [0.2, 0.25) is 0 Å². The SMILES string of the molecule is CCCNC(=O)[C@@H]1[C@H]2C(=O)N(CCCCCO)C(C(=O)Nc3ccc(N(CC)CC)cc3)C23CC[C@H]1O3. The zero-order valence-electron chi connectivity index (χ0n) is 22.4. The van der Waals surface area contributed by atoms with Crippen LogP contribution in [0.5, 0.6) is 0 Å². The van der Waals surface area contributed by atoms with Crippen molar-refractivity contribution < 1.29 is 24.2 Å². The zero-order chi connectivity index (χ0) is 26.6. The van der Waals surface area contributed by atoms with Crippen molar-refractivity contribution in [2.24, 2.45) is 11.8 Å². The molecule has 9 heteroatoms. The molecule has 3 N–H and O–H groups in total. The van der Waals surface area contributed by atoms with Crippen molar-refractivity contribution >= 4 is 29.1 Å². The molecule has 3 saturated heterocycles. The van der Waals surface area contributed by atoms with E-state index in [0.29, 0.717) is 44.5 Å². The van der Waals surface area contributed by atoms with E-state index in [1.54, 1.807) is 4.90 Å². The van der Waals surface area contributed by atoms with Crippen LogP contribution >= 0.6 is 0 Å². The number of carbonyl (C=O) groups excluding carboxylic acids is 3. The molecule has 3 aliphatic heterocycles. The average molecular weight is 515 g/mol. The summed E-state index contributed by atoms with van der Waals surface area (Å²) in [6.45, 7) is 9.03. The number of anilines is 2. The van der Waals surface area contributed by atoms with Crippen molar-refractivity contribution in [1.82, 2.24) is 10.2 Å². The van der Waals surface area contributed by atoms with E-state index in [2.05, 4.69) is 29.4 Å². The predicted molar refractivity (Wildman–Crippen MR) is 142 cm³/mol. The molecule has 3 heterocycles. The number of hydrogen-bond acceptors (Lipinski definition) is 6. The third kappa shape index (κ3) is 5.08. The maximum absolute atomic E-state index is 13.8. The summed E-state index contributed by atoms with van der Waals surface area (Å²) in [7, 11) is 0. The maximum Gasteiger partial charge on any atom is 0.250 e. The fraction of sp³-hybridized carbons (Fsp3) is 0.679. The number of benzene rings is 1. The second-order valence-electron chi connectivity index (χ2n) is 10.4. The molecule has 3 fully saturated rings. The number of hydrogen-bond donors (Lipinski definition) is 3. The Hall–Kier alpha value is -2.65. The highest BCUT2D eigenvalue weighted by Crippen LogP contribution is 2.58. The third-order valence-corrected chi connectivity index (χ3v) is 8.22. The van der Waals surface area contributed by atoms with Crippen LogP contribution in [0.3, 0.4) is 0 Å². The van der Waals surface area contributed by atoms with Gasteiger partial charge in [-0.25, -0.2) is 0 Å². The molecule has 5 atom stereocenters. The molecule has 37 heavy (non-hydrogen) atoms. The Bertz CT molecular complexity index is 966. The summed E-state index contributed by atoms with van der Waals surface area (Å²) in [4.78, 5) is 44.6. The van der Waals surface area contributed by atoms with Gasteiger partial charge < -0.3 is 30.3 Å².